The third kappa shape index (κ3) is 1.97. The quantitative estimate of drug-likeness (QED) is 0.746. The highest BCUT2D eigenvalue weighted by Gasteiger charge is 2.66. The van der Waals surface area contributed by atoms with E-state index >= 15 is 0 Å². The molecule has 2 fully saturated rings. The molecule has 0 spiro atoms. The second kappa shape index (κ2) is 5.49. The van der Waals surface area contributed by atoms with Crippen molar-refractivity contribution in [2.24, 2.45) is 28.6 Å². The maximum atomic E-state index is 12.5. The van der Waals surface area contributed by atoms with Crippen molar-refractivity contribution in [3.8, 4) is 0 Å². The van der Waals surface area contributed by atoms with E-state index in [-0.39, 0.29) is 23.0 Å². The molecule has 0 radical (unpaired) electrons. The lowest BCUT2D eigenvalue weighted by Crippen LogP contribution is -2.57. The van der Waals surface area contributed by atoms with Gasteiger partial charge in [0.05, 0.1) is 0 Å². The topological polar surface area (TPSA) is 74.6 Å². The van der Waals surface area contributed by atoms with E-state index in [9.17, 15) is 19.8 Å². The molecule has 4 aliphatic rings. The molecular weight excluding hydrogens is 328 g/mol. The van der Waals surface area contributed by atoms with Crippen molar-refractivity contribution in [2.45, 2.75) is 52.1 Å². The Hall–Kier alpha value is -1.52. The average molecular weight is 356 g/mol. The van der Waals surface area contributed by atoms with Crippen molar-refractivity contribution in [2.75, 3.05) is 6.61 Å². The number of aliphatic hydroxyl groups is 2. The molecule has 2 N–H and O–H groups in total. The Balaban J connectivity index is 1.79. The Labute approximate surface area is 154 Å². The molecule has 0 aromatic heterocycles. The van der Waals surface area contributed by atoms with Gasteiger partial charge in [-0.3, -0.25) is 9.59 Å². The number of allylic oxidation sites excluding steroid dienone is 6. The molecule has 0 bridgehead atoms. The van der Waals surface area contributed by atoms with Gasteiger partial charge in [0.25, 0.3) is 0 Å². The zero-order valence-electron chi connectivity index (χ0n) is 15.8. The first-order chi connectivity index (χ1) is 12.2. The lowest BCUT2D eigenvalue weighted by Gasteiger charge is -2.53. The molecule has 140 valence electrons. The maximum absolute atomic E-state index is 12.5. The third-order valence-corrected chi connectivity index (χ3v) is 8.10. The number of carbonyl (C=O) groups is 2. The molecule has 2 unspecified atom stereocenters. The van der Waals surface area contributed by atoms with E-state index in [1.54, 1.807) is 12.2 Å². The first-order valence-corrected chi connectivity index (χ1v) is 9.70. The van der Waals surface area contributed by atoms with E-state index in [1.165, 1.54) is 11.1 Å². The molecular formula is C22H28O4. The predicted molar refractivity (Wildman–Crippen MR) is 98.2 cm³/mol. The molecule has 26 heavy (non-hydrogen) atoms. The van der Waals surface area contributed by atoms with Crippen LogP contribution in [-0.4, -0.2) is 34.0 Å². The SMILES string of the molecule is C[C@H]1CC2C3CCC4=CC(=O)C=C[C@]4(C)C3=CC[C@]2(C)[C@@]1(O)C(=O)CO. The van der Waals surface area contributed by atoms with Crippen molar-refractivity contribution in [3.05, 3.63) is 35.5 Å². The monoisotopic (exact) mass is 356 g/mol. The normalized spacial score (nSPS) is 46.8. The molecule has 0 heterocycles. The Kier molecular flexibility index (Phi) is 3.78. The molecule has 0 aliphatic heterocycles. The van der Waals surface area contributed by atoms with E-state index in [1.807, 2.05) is 19.9 Å². The third-order valence-electron chi connectivity index (χ3n) is 8.10. The van der Waals surface area contributed by atoms with Crippen molar-refractivity contribution in [1.29, 1.82) is 0 Å². The fourth-order valence-electron chi connectivity index (χ4n) is 6.58. The van der Waals surface area contributed by atoms with Crippen molar-refractivity contribution >= 4 is 11.6 Å². The van der Waals surface area contributed by atoms with Crippen LogP contribution in [0.2, 0.25) is 0 Å². The summed E-state index contributed by atoms with van der Waals surface area (Å²) in [5, 5.41) is 20.9. The molecule has 0 amide bonds. The van der Waals surface area contributed by atoms with E-state index in [0.717, 1.165) is 19.3 Å². The summed E-state index contributed by atoms with van der Waals surface area (Å²) >= 11 is 0. The fraction of sp³-hybridized carbons (Fsp3) is 0.636. The van der Waals surface area contributed by atoms with Gasteiger partial charge in [0.2, 0.25) is 0 Å². The molecule has 4 nitrogen and oxygen atoms in total. The molecule has 0 saturated heterocycles. The molecule has 6 atom stereocenters. The van der Waals surface area contributed by atoms with Crippen LogP contribution < -0.4 is 0 Å². The van der Waals surface area contributed by atoms with Gasteiger partial charge in [-0.15, -0.1) is 0 Å². The molecule has 0 aromatic carbocycles. The summed E-state index contributed by atoms with van der Waals surface area (Å²) in [4.78, 5) is 24.3. The number of Topliss-reactive ketones (excluding diaryl/α,β-unsaturated/α-hetero) is 1. The van der Waals surface area contributed by atoms with Gasteiger partial charge in [-0.2, -0.15) is 0 Å². The minimum atomic E-state index is -1.47. The number of aliphatic hydroxyl groups excluding tert-OH is 1. The second-order valence-corrected chi connectivity index (χ2v) is 9.12. The highest BCUT2D eigenvalue weighted by molar-refractivity contribution is 6.01. The standard InChI is InChI=1S/C22H28O4/c1-13-10-18-16-5-4-14-11-15(24)6-8-20(14,2)17(16)7-9-21(18,3)22(13,26)19(25)12-23/h6-8,11,13,16,18,23,26H,4-5,9-10,12H2,1-3H3/t13-,16?,18?,20-,21-,22-/m0/s1. The Morgan fingerprint density at radius 3 is 2.77 bits per heavy atom. The fourth-order valence-corrected chi connectivity index (χ4v) is 6.58. The van der Waals surface area contributed by atoms with Crippen LogP contribution in [0, 0.1) is 28.6 Å². The van der Waals surface area contributed by atoms with E-state index in [2.05, 4.69) is 13.0 Å². The van der Waals surface area contributed by atoms with Crippen LogP contribution in [0.15, 0.2) is 35.5 Å². The van der Waals surface area contributed by atoms with Crippen LogP contribution in [0.3, 0.4) is 0 Å². The molecule has 4 rings (SSSR count). The van der Waals surface area contributed by atoms with E-state index in [4.69, 9.17) is 0 Å². The number of ketones is 2. The van der Waals surface area contributed by atoms with Gasteiger partial charge in [0.1, 0.15) is 12.2 Å². The maximum Gasteiger partial charge on any atom is 0.190 e. The predicted octanol–water partition coefficient (Wildman–Crippen LogP) is 2.75. The van der Waals surface area contributed by atoms with Gasteiger partial charge >= 0.3 is 0 Å². The van der Waals surface area contributed by atoms with Gasteiger partial charge in [0, 0.05) is 10.8 Å². The van der Waals surface area contributed by atoms with Gasteiger partial charge in [0.15, 0.2) is 11.6 Å². The van der Waals surface area contributed by atoms with E-state index < -0.39 is 23.4 Å². The Bertz CT molecular complexity index is 775. The Morgan fingerprint density at radius 1 is 1.35 bits per heavy atom. The van der Waals surface area contributed by atoms with Crippen LogP contribution in [0.1, 0.15) is 46.5 Å². The summed E-state index contributed by atoms with van der Waals surface area (Å²) in [5.41, 5.74) is 0.289. The van der Waals surface area contributed by atoms with Crippen LogP contribution in [0.5, 0.6) is 0 Å². The second-order valence-electron chi connectivity index (χ2n) is 9.12. The largest absolute Gasteiger partial charge is 0.388 e. The summed E-state index contributed by atoms with van der Waals surface area (Å²) in [6.07, 6.45) is 10.9. The Morgan fingerprint density at radius 2 is 2.08 bits per heavy atom. The van der Waals surface area contributed by atoms with Crippen LogP contribution in [-0.2, 0) is 9.59 Å². The van der Waals surface area contributed by atoms with Crippen molar-refractivity contribution < 1.29 is 19.8 Å². The zero-order chi connectivity index (χ0) is 18.9. The number of rotatable bonds is 2. The average Bonchev–Trinajstić information content (AvgIpc) is 2.83. The van der Waals surface area contributed by atoms with Gasteiger partial charge in [-0.05, 0) is 62.5 Å². The highest BCUT2D eigenvalue weighted by atomic mass is 16.3. The van der Waals surface area contributed by atoms with Crippen molar-refractivity contribution in [3.63, 3.8) is 0 Å². The lowest BCUT2D eigenvalue weighted by molar-refractivity contribution is -0.161. The summed E-state index contributed by atoms with van der Waals surface area (Å²) in [6, 6.07) is 0. The number of carbonyl (C=O) groups excluding carboxylic acids is 2. The molecule has 4 aliphatic carbocycles. The van der Waals surface area contributed by atoms with Crippen LogP contribution in [0.4, 0.5) is 0 Å². The summed E-state index contributed by atoms with van der Waals surface area (Å²) < 4.78 is 0. The zero-order valence-corrected chi connectivity index (χ0v) is 15.8. The summed E-state index contributed by atoms with van der Waals surface area (Å²) in [7, 11) is 0. The van der Waals surface area contributed by atoms with Crippen LogP contribution in [0.25, 0.3) is 0 Å². The van der Waals surface area contributed by atoms with Crippen molar-refractivity contribution in [1.82, 2.24) is 0 Å². The van der Waals surface area contributed by atoms with Gasteiger partial charge < -0.3 is 10.2 Å². The summed E-state index contributed by atoms with van der Waals surface area (Å²) in [5.74, 6) is -0.0376. The molecule has 2 saturated carbocycles. The number of hydrogen-bond donors (Lipinski definition) is 2. The first-order valence-electron chi connectivity index (χ1n) is 9.70. The molecule has 4 heteroatoms. The summed E-state index contributed by atoms with van der Waals surface area (Å²) in [6.45, 7) is 5.54. The minimum absolute atomic E-state index is 0.0644. The van der Waals surface area contributed by atoms with Gasteiger partial charge in [-0.1, -0.05) is 37.1 Å². The van der Waals surface area contributed by atoms with Crippen LogP contribution >= 0.6 is 0 Å². The van der Waals surface area contributed by atoms with Gasteiger partial charge in [-0.25, -0.2) is 0 Å². The first kappa shape index (κ1) is 17.9. The highest BCUT2D eigenvalue weighted by Crippen LogP contribution is 2.66. The smallest absolute Gasteiger partial charge is 0.190 e. The minimum Gasteiger partial charge on any atom is -0.388 e. The van der Waals surface area contributed by atoms with E-state index in [0.29, 0.717) is 12.3 Å². The number of fused-ring (bicyclic) bond motifs is 5. The molecule has 0 aromatic rings. The number of hydrogen-bond acceptors (Lipinski definition) is 4. The lowest BCUT2D eigenvalue weighted by atomic mass is 9.51.